The normalized spacial score (nSPS) is 12.9. The third-order valence-electron chi connectivity index (χ3n) is 3.91. The van der Waals surface area contributed by atoms with Crippen molar-refractivity contribution in [3.8, 4) is 0 Å². The Balaban J connectivity index is 1.59. The Morgan fingerprint density at radius 2 is 1.81 bits per heavy atom. The fraction of sp³-hybridized carbons (Fsp3) is 0.263. The first-order valence-electron chi connectivity index (χ1n) is 8.08. The van der Waals surface area contributed by atoms with Crippen LogP contribution in [0, 0.1) is 0 Å². The minimum Gasteiger partial charge on any atom is -0.416 e. The summed E-state index contributed by atoms with van der Waals surface area (Å²) in [5, 5.41) is 8.37. The van der Waals surface area contributed by atoms with Gasteiger partial charge in [0.25, 0.3) is 5.22 Å². The van der Waals surface area contributed by atoms with E-state index in [9.17, 15) is 13.2 Å². The van der Waals surface area contributed by atoms with Gasteiger partial charge in [-0.1, -0.05) is 67.2 Å². The molecule has 0 spiro atoms. The molecular weight excluding hydrogens is 361 g/mol. The number of hydrogen-bond donors (Lipinski definition) is 0. The van der Waals surface area contributed by atoms with Crippen LogP contribution in [0.25, 0.3) is 0 Å². The molecule has 136 valence electrons. The van der Waals surface area contributed by atoms with E-state index in [1.807, 2.05) is 30.3 Å². The van der Waals surface area contributed by atoms with E-state index in [1.54, 1.807) is 6.07 Å². The molecule has 0 bridgehead atoms. The average Bonchev–Trinajstić information content (AvgIpc) is 3.07. The summed E-state index contributed by atoms with van der Waals surface area (Å²) in [7, 11) is 0. The first-order valence-corrected chi connectivity index (χ1v) is 9.06. The van der Waals surface area contributed by atoms with Crippen LogP contribution in [-0.4, -0.2) is 10.2 Å². The van der Waals surface area contributed by atoms with E-state index >= 15 is 0 Å². The Hall–Kier alpha value is -2.28. The summed E-state index contributed by atoms with van der Waals surface area (Å²) in [6.07, 6.45) is -3.73. The van der Waals surface area contributed by atoms with Gasteiger partial charge in [-0.05, 0) is 23.1 Å². The lowest BCUT2D eigenvalue weighted by Crippen LogP contribution is -2.04. The molecule has 0 aliphatic carbocycles. The minimum absolute atomic E-state index is 0.234. The van der Waals surface area contributed by atoms with Crippen molar-refractivity contribution in [2.75, 3.05) is 0 Å². The summed E-state index contributed by atoms with van der Waals surface area (Å²) < 4.78 is 43.9. The Morgan fingerprint density at radius 3 is 2.54 bits per heavy atom. The van der Waals surface area contributed by atoms with Gasteiger partial charge in [0, 0.05) is 12.2 Å². The summed E-state index contributed by atoms with van der Waals surface area (Å²) >= 11 is 1.23. The molecule has 0 saturated heterocycles. The zero-order valence-electron chi connectivity index (χ0n) is 14.0. The highest BCUT2D eigenvalue weighted by atomic mass is 32.2. The van der Waals surface area contributed by atoms with Crippen LogP contribution >= 0.6 is 11.8 Å². The van der Waals surface area contributed by atoms with Crippen LogP contribution in [0.2, 0.25) is 0 Å². The van der Waals surface area contributed by atoms with Gasteiger partial charge in [-0.15, -0.1) is 10.2 Å². The second-order valence-corrected chi connectivity index (χ2v) is 6.89. The monoisotopic (exact) mass is 378 g/mol. The number of alkyl halides is 3. The highest BCUT2D eigenvalue weighted by molar-refractivity contribution is 7.98. The van der Waals surface area contributed by atoms with Gasteiger partial charge < -0.3 is 4.42 Å². The maximum absolute atomic E-state index is 12.7. The predicted octanol–water partition coefficient (Wildman–Crippen LogP) is 5.73. The van der Waals surface area contributed by atoms with Crippen molar-refractivity contribution in [2.45, 2.75) is 36.4 Å². The van der Waals surface area contributed by atoms with E-state index in [2.05, 4.69) is 17.1 Å². The molecule has 0 saturated carbocycles. The lowest BCUT2D eigenvalue weighted by Gasteiger charge is -2.08. The molecule has 2 aromatic carbocycles. The van der Waals surface area contributed by atoms with Gasteiger partial charge in [0.1, 0.15) is 0 Å². The maximum atomic E-state index is 12.7. The van der Waals surface area contributed by atoms with Crippen molar-refractivity contribution in [3.63, 3.8) is 0 Å². The third-order valence-corrected chi connectivity index (χ3v) is 4.80. The van der Waals surface area contributed by atoms with Crippen molar-refractivity contribution < 1.29 is 17.6 Å². The number of thioether (sulfide) groups is 1. The van der Waals surface area contributed by atoms with Gasteiger partial charge in [-0.3, -0.25) is 0 Å². The molecule has 1 aromatic heterocycles. The molecule has 0 aliphatic heterocycles. The Bertz CT molecular complexity index is 849. The van der Waals surface area contributed by atoms with Gasteiger partial charge in [0.2, 0.25) is 5.89 Å². The van der Waals surface area contributed by atoms with E-state index in [-0.39, 0.29) is 5.92 Å². The lowest BCUT2D eigenvalue weighted by atomic mass is 9.98. The Labute approximate surface area is 153 Å². The molecule has 0 aliphatic rings. The molecule has 3 nitrogen and oxygen atoms in total. The van der Waals surface area contributed by atoms with Crippen molar-refractivity contribution in [1.82, 2.24) is 10.2 Å². The van der Waals surface area contributed by atoms with Crippen LogP contribution in [0.15, 0.2) is 64.2 Å². The Kier molecular flexibility index (Phi) is 5.66. The number of rotatable bonds is 6. The first kappa shape index (κ1) is 18.5. The third kappa shape index (κ3) is 4.88. The summed E-state index contributed by atoms with van der Waals surface area (Å²) in [6, 6.07) is 15.3. The zero-order chi connectivity index (χ0) is 18.6. The van der Waals surface area contributed by atoms with Gasteiger partial charge in [0.15, 0.2) is 0 Å². The fourth-order valence-electron chi connectivity index (χ4n) is 2.52. The van der Waals surface area contributed by atoms with Gasteiger partial charge in [0.05, 0.1) is 5.56 Å². The van der Waals surface area contributed by atoms with Crippen molar-refractivity contribution in [1.29, 1.82) is 0 Å². The van der Waals surface area contributed by atoms with Gasteiger partial charge >= 0.3 is 6.18 Å². The molecule has 3 rings (SSSR count). The Morgan fingerprint density at radius 1 is 1.04 bits per heavy atom. The number of hydrogen-bond acceptors (Lipinski definition) is 4. The largest absolute Gasteiger partial charge is 0.416 e. The average molecular weight is 378 g/mol. The van der Waals surface area contributed by atoms with Crippen LogP contribution in [0.5, 0.6) is 0 Å². The lowest BCUT2D eigenvalue weighted by molar-refractivity contribution is -0.137. The fourth-order valence-corrected chi connectivity index (χ4v) is 3.25. The van der Waals surface area contributed by atoms with Crippen molar-refractivity contribution in [3.05, 3.63) is 77.2 Å². The van der Waals surface area contributed by atoms with E-state index in [4.69, 9.17) is 4.42 Å². The highest BCUT2D eigenvalue weighted by Gasteiger charge is 2.30. The summed E-state index contributed by atoms with van der Waals surface area (Å²) in [5.41, 5.74) is 1.09. The molecule has 3 aromatic rings. The summed E-state index contributed by atoms with van der Waals surface area (Å²) in [4.78, 5) is 0. The topological polar surface area (TPSA) is 38.9 Å². The standard InChI is InChI=1S/C19H17F3N2OS/c1-13(15-7-3-2-4-8-15)10-17-23-24-18(25-17)26-12-14-6-5-9-16(11-14)19(20,21)22/h2-9,11,13H,10,12H2,1H3. The van der Waals surface area contributed by atoms with Crippen LogP contribution in [0.4, 0.5) is 13.2 Å². The van der Waals surface area contributed by atoms with Gasteiger partial charge in [-0.25, -0.2) is 0 Å². The number of aromatic nitrogens is 2. The maximum Gasteiger partial charge on any atom is 0.416 e. The number of nitrogens with zero attached hydrogens (tertiary/aromatic N) is 2. The van der Waals surface area contributed by atoms with Crippen LogP contribution < -0.4 is 0 Å². The van der Waals surface area contributed by atoms with Gasteiger partial charge in [-0.2, -0.15) is 13.2 Å². The van der Waals surface area contributed by atoms with Crippen molar-refractivity contribution >= 4 is 11.8 Å². The number of benzene rings is 2. The molecule has 7 heteroatoms. The van der Waals surface area contributed by atoms with Crippen LogP contribution in [0.3, 0.4) is 0 Å². The minimum atomic E-state index is -4.34. The van der Waals surface area contributed by atoms with E-state index < -0.39 is 11.7 Å². The molecule has 0 amide bonds. The highest BCUT2D eigenvalue weighted by Crippen LogP contribution is 2.31. The second kappa shape index (κ2) is 7.95. The van der Waals surface area contributed by atoms with E-state index in [0.717, 1.165) is 12.1 Å². The molecule has 0 fully saturated rings. The summed E-state index contributed by atoms with van der Waals surface area (Å²) in [6.45, 7) is 2.08. The van der Waals surface area contributed by atoms with Crippen LogP contribution in [0.1, 0.15) is 35.4 Å². The quantitative estimate of drug-likeness (QED) is 0.514. The second-order valence-electron chi connectivity index (χ2n) is 5.96. The van der Waals surface area contributed by atoms with Crippen molar-refractivity contribution in [2.24, 2.45) is 0 Å². The molecule has 1 unspecified atom stereocenters. The predicted molar refractivity (Wildman–Crippen MR) is 93.9 cm³/mol. The molecule has 1 heterocycles. The first-order chi connectivity index (χ1) is 12.4. The number of halogens is 3. The summed E-state index contributed by atoms with van der Waals surface area (Å²) in [5.74, 6) is 1.09. The van der Waals surface area contributed by atoms with Crippen LogP contribution in [-0.2, 0) is 18.3 Å². The molecule has 0 N–H and O–H groups in total. The molecular formula is C19H17F3N2OS. The van der Waals surface area contributed by atoms with E-state index in [1.165, 1.54) is 23.4 Å². The van der Waals surface area contributed by atoms with E-state index in [0.29, 0.717) is 28.9 Å². The molecule has 0 radical (unpaired) electrons. The molecule has 1 atom stereocenters. The molecule has 26 heavy (non-hydrogen) atoms. The smallest absolute Gasteiger partial charge is 0.416 e. The SMILES string of the molecule is CC(Cc1nnc(SCc2cccc(C(F)(F)F)c2)o1)c1ccccc1. The zero-order valence-corrected chi connectivity index (χ0v) is 14.8.